The Labute approximate surface area is 116 Å². The zero-order valence-corrected chi connectivity index (χ0v) is 10.8. The second-order valence-electron chi connectivity index (χ2n) is 3.36. The van der Waals surface area contributed by atoms with Crippen LogP contribution in [0.25, 0.3) is 0 Å². The first kappa shape index (κ1) is 13.2. The van der Waals surface area contributed by atoms with E-state index in [2.05, 4.69) is 20.2 Å². The lowest BCUT2D eigenvalue weighted by Crippen LogP contribution is -2.19. The summed E-state index contributed by atoms with van der Waals surface area (Å²) in [5.74, 6) is -1.10. The van der Waals surface area contributed by atoms with Crippen LogP contribution in [0.5, 0.6) is 0 Å². The predicted molar refractivity (Wildman–Crippen MR) is 71.0 cm³/mol. The molecule has 2 amide bonds. The smallest absolute Gasteiger partial charge is 0.335 e. The second-order valence-corrected chi connectivity index (χ2v) is 4.55. The number of carbonyl (C=O) groups is 2. The molecule has 9 heteroatoms. The molecule has 1 aromatic heterocycles. The van der Waals surface area contributed by atoms with Gasteiger partial charge in [0.15, 0.2) is 0 Å². The van der Waals surface area contributed by atoms with Crippen LogP contribution in [0.3, 0.4) is 0 Å². The molecule has 2 aromatic rings. The first-order valence-corrected chi connectivity index (χ1v) is 6.09. The van der Waals surface area contributed by atoms with Crippen molar-refractivity contribution in [1.29, 1.82) is 0 Å². The number of anilines is 2. The Kier molecular flexibility index (Phi) is 3.93. The molecule has 7 nitrogen and oxygen atoms in total. The van der Waals surface area contributed by atoms with Crippen molar-refractivity contribution in [1.82, 2.24) is 9.59 Å². The molecular formula is C10H7ClN4O3S. The van der Waals surface area contributed by atoms with Crippen LogP contribution in [0.1, 0.15) is 10.4 Å². The topological polar surface area (TPSA) is 104 Å². The lowest BCUT2D eigenvalue weighted by molar-refractivity contribution is 0.0697. The Morgan fingerprint density at radius 1 is 1.32 bits per heavy atom. The molecule has 2 rings (SSSR count). The fraction of sp³-hybridized carbons (Fsp3) is 0. The van der Waals surface area contributed by atoms with E-state index in [-0.39, 0.29) is 16.3 Å². The molecule has 1 aromatic carbocycles. The number of urea groups is 1. The number of aromatic carboxylic acids is 1. The highest BCUT2D eigenvalue weighted by atomic mass is 35.5. The predicted octanol–water partition coefficient (Wildman–Crippen LogP) is 2.53. The van der Waals surface area contributed by atoms with Crippen molar-refractivity contribution in [2.45, 2.75) is 0 Å². The van der Waals surface area contributed by atoms with Crippen LogP contribution in [0, 0.1) is 0 Å². The monoisotopic (exact) mass is 298 g/mol. The van der Waals surface area contributed by atoms with Gasteiger partial charge in [0, 0.05) is 11.5 Å². The van der Waals surface area contributed by atoms with Gasteiger partial charge < -0.3 is 10.4 Å². The molecule has 3 N–H and O–H groups in total. The fourth-order valence-corrected chi connectivity index (χ4v) is 1.82. The van der Waals surface area contributed by atoms with Gasteiger partial charge in [-0.15, -0.1) is 5.10 Å². The number of carboxylic acid groups (broad SMARTS) is 1. The first-order chi connectivity index (χ1) is 9.06. The van der Waals surface area contributed by atoms with Gasteiger partial charge in [-0.1, -0.05) is 16.1 Å². The van der Waals surface area contributed by atoms with Crippen LogP contribution in [0.15, 0.2) is 24.4 Å². The van der Waals surface area contributed by atoms with E-state index >= 15 is 0 Å². The fourth-order valence-electron chi connectivity index (χ4n) is 1.24. The Balaban J connectivity index is 2.11. The maximum atomic E-state index is 11.6. The van der Waals surface area contributed by atoms with Crippen molar-refractivity contribution < 1.29 is 14.7 Å². The summed E-state index contributed by atoms with van der Waals surface area (Å²) in [7, 11) is 0. The van der Waals surface area contributed by atoms with Crippen molar-refractivity contribution in [3.8, 4) is 0 Å². The molecule has 19 heavy (non-hydrogen) atoms. The first-order valence-electron chi connectivity index (χ1n) is 4.94. The standard InChI is InChI=1S/C10H7ClN4O3S/c11-6-2-1-5(9(16)17)3-7(6)13-10(18)14-8-4-12-15-19-8/h1-4H,(H,16,17)(H2,13,14,18). The average molecular weight is 299 g/mol. The third kappa shape index (κ3) is 3.39. The summed E-state index contributed by atoms with van der Waals surface area (Å²) < 4.78 is 3.58. The van der Waals surface area contributed by atoms with Crippen LogP contribution in [0.2, 0.25) is 5.02 Å². The number of amides is 2. The third-order valence-electron chi connectivity index (χ3n) is 2.06. The molecule has 1 heterocycles. The lowest BCUT2D eigenvalue weighted by Gasteiger charge is -2.08. The van der Waals surface area contributed by atoms with Crippen molar-refractivity contribution in [3.63, 3.8) is 0 Å². The van der Waals surface area contributed by atoms with Gasteiger partial charge >= 0.3 is 12.0 Å². The zero-order chi connectivity index (χ0) is 13.8. The van der Waals surface area contributed by atoms with Gasteiger partial charge in [-0.2, -0.15) is 0 Å². The van der Waals surface area contributed by atoms with E-state index in [1.165, 1.54) is 24.4 Å². The number of carboxylic acids is 1. The summed E-state index contributed by atoms with van der Waals surface area (Å²) in [5.41, 5.74) is 0.232. The molecular weight excluding hydrogens is 292 g/mol. The molecule has 0 aliphatic heterocycles. The minimum atomic E-state index is -1.10. The molecule has 0 aliphatic rings. The summed E-state index contributed by atoms with van der Waals surface area (Å²) in [5, 5.41) is 18.0. The molecule has 0 bridgehead atoms. The quantitative estimate of drug-likeness (QED) is 0.807. The second kappa shape index (κ2) is 5.63. The minimum Gasteiger partial charge on any atom is -0.478 e. The van der Waals surface area contributed by atoms with E-state index in [4.69, 9.17) is 16.7 Å². The van der Waals surface area contributed by atoms with E-state index in [0.29, 0.717) is 5.00 Å². The highest BCUT2D eigenvalue weighted by Gasteiger charge is 2.10. The van der Waals surface area contributed by atoms with E-state index in [0.717, 1.165) is 11.5 Å². The molecule has 0 aliphatic carbocycles. The molecule has 98 valence electrons. The number of benzene rings is 1. The van der Waals surface area contributed by atoms with Crippen LogP contribution < -0.4 is 10.6 Å². The van der Waals surface area contributed by atoms with Crippen molar-refractivity contribution in [2.24, 2.45) is 0 Å². The average Bonchev–Trinajstić information content (AvgIpc) is 2.84. The number of aromatic nitrogens is 2. The summed E-state index contributed by atoms with van der Waals surface area (Å²) in [6.07, 6.45) is 1.39. The van der Waals surface area contributed by atoms with Gasteiger partial charge in [-0.05, 0) is 18.2 Å². The van der Waals surface area contributed by atoms with Crippen LogP contribution in [0.4, 0.5) is 15.5 Å². The maximum absolute atomic E-state index is 11.6. The maximum Gasteiger partial charge on any atom is 0.335 e. The van der Waals surface area contributed by atoms with Crippen molar-refractivity contribution in [3.05, 3.63) is 35.0 Å². The largest absolute Gasteiger partial charge is 0.478 e. The molecule has 0 spiro atoms. The highest BCUT2D eigenvalue weighted by Crippen LogP contribution is 2.23. The van der Waals surface area contributed by atoms with E-state index in [1.54, 1.807) is 0 Å². The number of hydrogen-bond acceptors (Lipinski definition) is 5. The molecule has 0 saturated heterocycles. The highest BCUT2D eigenvalue weighted by molar-refractivity contribution is 7.10. The Bertz CT molecular complexity index is 617. The number of hydrogen-bond donors (Lipinski definition) is 3. The zero-order valence-electron chi connectivity index (χ0n) is 9.25. The third-order valence-corrected chi connectivity index (χ3v) is 2.97. The van der Waals surface area contributed by atoms with Gasteiger partial charge in [0.2, 0.25) is 0 Å². The minimum absolute atomic E-state index is 0.0270. The SMILES string of the molecule is O=C(Nc1cnns1)Nc1cc(C(=O)O)ccc1Cl. The number of nitrogens with zero attached hydrogens (tertiary/aromatic N) is 2. The number of rotatable bonds is 3. The van der Waals surface area contributed by atoms with Crippen molar-refractivity contribution >= 4 is 45.8 Å². The summed E-state index contributed by atoms with van der Waals surface area (Å²) >= 11 is 6.88. The van der Waals surface area contributed by atoms with E-state index in [1.807, 2.05) is 0 Å². The Morgan fingerprint density at radius 2 is 2.11 bits per heavy atom. The molecule has 0 radical (unpaired) electrons. The molecule has 0 atom stereocenters. The number of halogens is 1. The summed E-state index contributed by atoms with van der Waals surface area (Å²) in [4.78, 5) is 22.5. The van der Waals surface area contributed by atoms with Crippen LogP contribution >= 0.6 is 23.1 Å². The Hall–Kier alpha value is -2.19. The van der Waals surface area contributed by atoms with Crippen LogP contribution in [-0.2, 0) is 0 Å². The molecule has 0 fully saturated rings. The van der Waals surface area contributed by atoms with Gasteiger partial charge in [0.05, 0.1) is 22.5 Å². The summed E-state index contributed by atoms with van der Waals surface area (Å²) in [6, 6.07) is 3.46. The lowest BCUT2D eigenvalue weighted by atomic mass is 10.2. The van der Waals surface area contributed by atoms with Crippen LogP contribution in [-0.4, -0.2) is 26.7 Å². The van der Waals surface area contributed by atoms with Gasteiger partial charge in [0.1, 0.15) is 5.00 Å². The van der Waals surface area contributed by atoms with E-state index in [9.17, 15) is 9.59 Å². The van der Waals surface area contributed by atoms with E-state index < -0.39 is 12.0 Å². The molecule has 0 unspecified atom stereocenters. The number of nitrogens with one attached hydrogen (secondary N) is 2. The van der Waals surface area contributed by atoms with Gasteiger partial charge in [-0.25, -0.2) is 9.59 Å². The van der Waals surface area contributed by atoms with Gasteiger partial charge in [0.25, 0.3) is 0 Å². The Morgan fingerprint density at radius 3 is 2.74 bits per heavy atom. The van der Waals surface area contributed by atoms with Crippen molar-refractivity contribution in [2.75, 3.05) is 10.6 Å². The van der Waals surface area contributed by atoms with Gasteiger partial charge in [-0.3, -0.25) is 5.32 Å². The normalized spacial score (nSPS) is 9.95. The summed E-state index contributed by atoms with van der Waals surface area (Å²) in [6.45, 7) is 0. The number of carbonyl (C=O) groups excluding carboxylic acids is 1. The molecule has 0 saturated carbocycles.